The molecule has 0 aromatic carbocycles. The fourth-order valence-electron chi connectivity index (χ4n) is 0.805. The molecular weight excluding hydrogens is 108 g/mol. The van der Waals surface area contributed by atoms with E-state index in [1.165, 1.54) is 0 Å². The predicted molar refractivity (Wildman–Crippen MR) is 42.0 cm³/mol. The Balaban J connectivity index is 3.91. The molecule has 0 saturated carbocycles. The summed E-state index contributed by atoms with van der Waals surface area (Å²) in [7, 11) is 0. The summed E-state index contributed by atoms with van der Waals surface area (Å²) < 4.78 is 0. The van der Waals surface area contributed by atoms with Gasteiger partial charge in [-0.15, -0.1) is 18.9 Å². The van der Waals surface area contributed by atoms with Crippen LogP contribution in [0.5, 0.6) is 0 Å². The zero-order valence-corrected chi connectivity index (χ0v) is 6.49. The second kappa shape index (κ2) is 2.73. The van der Waals surface area contributed by atoms with E-state index in [1.807, 2.05) is 20.8 Å². The third kappa shape index (κ3) is 3.85. The molecule has 0 unspecified atom stereocenters. The number of rotatable bonds is 2. The van der Waals surface area contributed by atoms with Gasteiger partial charge in [-0.1, -0.05) is 5.57 Å². The first kappa shape index (κ1) is 8.30. The van der Waals surface area contributed by atoms with Gasteiger partial charge in [-0.25, -0.2) is 0 Å². The molecule has 0 heterocycles. The van der Waals surface area contributed by atoms with Crippen LogP contribution in [0.4, 0.5) is 0 Å². The van der Waals surface area contributed by atoms with Gasteiger partial charge >= 0.3 is 0 Å². The molecule has 0 aliphatic carbocycles. The molecule has 0 aromatic rings. The monoisotopic (exact) mass is 122 g/mol. The lowest BCUT2D eigenvalue weighted by atomic mass is 9.88. The van der Waals surface area contributed by atoms with Crippen LogP contribution in [0.1, 0.15) is 27.2 Å². The Bertz CT molecular complexity index is 144. The molecule has 0 heteroatoms. The van der Waals surface area contributed by atoms with Crippen molar-refractivity contribution >= 4 is 0 Å². The Morgan fingerprint density at radius 2 is 2.11 bits per heavy atom. The molecule has 0 aliphatic heterocycles. The average Bonchev–Trinajstić information content (AvgIpc) is 1.63. The van der Waals surface area contributed by atoms with Crippen molar-refractivity contribution in [2.24, 2.45) is 5.41 Å². The van der Waals surface area contributed by atoms with Gasteiger partial charge in [-0.05, 0) is 27.2 Å². The van der Waals surface area contributed by atoms with Gasteiger partial charge in [-0.2, -0.15) is 0 Å². The lowest BCUT2D eigenvalue weighted by Gasteiger charge is -2.16. The largest absolute Gasteiger partial charge is 0.120 e. The van der Waals surface area contributed by atoms with Crippen molar-refractivity contribution in [2.75, 3.05) is 0 Å². The van der Waals surface area contributed by atoms with Crippen molar-refractivity contribution in [1.29, 1.82) is 0 Å². The Hall–Kier alpha value is -0.700. The Kier molecular flexibility index (Phi) is 2.52. The van der Waals surface area contributed by atoms with Crippen LogP contribution in [-0.2, 0) is 0 Å². The highest BCUT2D eigenvalue weighted by atomic mass is 14.2. The smallest absolute Gasteiger partial charge is 0.0292 e. The van der Waals surface area contributed by atoms with Gasteiger partial charge in [0.2, 0.25) is 0 Å². The van der Waals surface area contributed by atoms with E-state index in [1.54, 1.807) is 0 Å². The van der Waals surface area contributed by atoms with E-state index in [0.717, 1.165) is 12.0 Å². The van der Waals surface area contributed by atoms with E-state index >= 15 is 0 Å². The van der Waals surface area contributed by atoms with Crippen LogP contribution in [0, 0.1) is 17.8 Å². The molecule has 0 rings (SSSR count). The quantitative estimate of drug-likeness (QED) is 0.390. The minimum Gasteiger partial charge on any atom is -0.120 e. The summed E-state index contributed by atoms with van der Waals surface area (Å²) in [6.45, 7) is 9.88. The van der Waals surface area contributed by atoms with Gasteiger partial charge in [0.25, 0.3) is 0 Å². The molecule has 0 spiro atoms. The van der Waals surface area contributed by atoms with Gasteiger partial charge in [-0.3, -0.25) is 0 Å². The molecular formula is C9H14. The van der Waals surface area contributed by atoms with Crippen LogP contribution in [0.3, 0.4) is 0 Å². The molecule has 9 heavy (non-hydrogen) atoms. The third-order valence-corrected chi connectivity index (χ3v) is 1.13. The topological polar surface area (TPSA) is 0 Å². The second-order valence-electron chi connectivity index (χ2n) is 3.16. The van der Waals surface area contributed by atoms with Crippen LogP contribution >= 0.6 is 0 Å². The molecule has 0 bridgehead atoms. The molecule has 50 valence electrons. The summed E-state index contributed by atoms with van der Waals surface area (Å²) in [5.41, 5.74) is 1.14. The molecule has 0 aliphatic rings. The maximum atomic E-state index is 5.26. The van der Waals surface area contributed by atoms with Gasteiger partial charge in [0.15, 0.2) is 0 Å². The average molecular weight is 122 g/mol. The molecule has 0 aromatic heterocycles. The number of hydrogen-bond acceptors (Lipinski definition) is 0. The summed E-state index contributed by atoms with van der Waals surface area (Å²) in [5.74, 6) is 2.71. The van der Waals surface area contributed by atoms with Gasteiger partial charge < -0.3 is 0 Å². The van der Waals surface area contributed by atoms with Crippen molar-refractivity contribution in [2.45, 2.75) is 27.2 Å². The van der Waals surface area contributed by atoms with Gasteiger partial charge in [0, 0.05) is 5.41 Å². The molecule has 0 fully saturated rings. The van der Waals surface area contributed by atoms with Crippen molar-refractivity contribution in [3.63, 3.8) is 0 Å². The Morgan fingerprint density at radius 3 is 2.22 bits per heavy atom. The predicted octanol–water partition coefficient (Wildman–Crippen LogP) is 2.61. The van der Waals surface area contributed by atoms with E-state index in [9.17, 15) is 0 Å². The van der Waals surface area contributed by atoms with Crippen LogP contribution in [0.25, 0.3) is 0 Å². The summed E-state index contributed by atoms with van der Waals surface area (Å²) in [6.07, 6.45) is 6.18. The molecule has 0 saturated heterocycles. The SMILES string of the molecule is C#CC(C)(C)CC(=C)C. The molecule has 0 radical (unpaired) electrons. The zero-order chi connectivity index (χ0) is 7.49. The van der Waals surface area contributed by atoms with E-state index in [2.05, 4.69) is 12.5 Å². The molecule has 0 amide bonds. The van der Waals surface area contributed by atoms with E-state index in [-0.39, 0.29) is 5.41 Å². The molecule has 0 atom stereocenters. The van der Waals surface area contributed by atoms with Crippen LogP contribution in [-0.4, -0.2) is 0 Å². The van der Waals surface area contributed by atoms with Crippen molar-refractivity contribution in [1.82, 2.24) is 0 Å². The van der Waals surface area contributed by atoms with E-state index < -0.39 is 0 Å². The van der Waals surface area contributed by atoms with E-state index in [0.29, 0.717) is 0 Å². The summed E-state index contributed by atoms with van der Waals surface area (Å²) in [6, 6.07) is 0. The Morgan fingerprint density at radius 1 is 1.67 bits per heavy atom. The van der Waals surface area contributed by atoms with Crippen LogP contribution < -0.4 is 0 Å². The Labute approximate surface area is 58.0 Å². The van der Waals surface area contributed by atoms with Crippen molar-refractivity contribution in [3.8, 4) is 12.3 Å². The van der Waals surface area contributed by atoms with Gasteiger partial charge in [0.1, 0.15) is 0 Å². The highest BCUT2D eigenvalue weighted by Crippen LogP contribution is 2.22. The third-order valence-electron chi connectivity index (χ3n) is 1.13. The normalized spacial score (nSPS) is 10.4. The number of hydrogen-bond donors (Lipinski definition) is 0. The maximum Gasteiger partial charge on any atom is 0.0292 e. The summed E-state index contributed by atoms with van der Waals surface area (Å²) in [5, 5.41) is 0. The van der Waals surface area contributed by atoms with Crippen molar-refractivity contribution < 1.29 is 0 Å². The van der Waals surface area contributed by atoms with Crippen LogP contribution in [0.2, 0.25) is 0 Å². The standard InChI is InChI=1S/C9H14/c1-6-9(4,5)7-8(2)3/h1H,2,7H2,3-5H3. The highest BCUT2D eigenvalue weighted by molar-refractivity contribution is 5.07. The minimum absolute atomic E-state index is 0.00810. The number of terminal acetylenes is 1. The first-order valence-corrected chi connectivity index (χ1v) is 3.10. The second-order valence-corrected chi connectivity index (χ2v) is 3.16. The zero-order valence-electron chi connectivity index (χ0n) is 6.49. The fraction of sp³-hybridized carbons (Fsp3) is 0.556. The lowest BCUT2D eigenvalue weighted by molar-refractivity contribution is 0.500. The first-order valence-electron chi connectivity index (χ1n) is 3.10. The summed E-state index contributed by atoms with van der Waals surface area (Å²) in [4.78, 5) is 0. The summed E-state index contributed by atoms with van der Waals surface area (Å²) >= 11 is 0. The first-order chi connectivity index (χ1) is 3.98. The lowest BCUT2D eigenvalue weighted by Crippen LogP contribution is -2.07. The fourth-order valence-corrected chi connectivity index (χ4v) is 0.805. The highest BCUT2D eigenvalue weighted by Gasteiger charge is 2.12. The maximum absolute atomic E-state index is 5.26. The van der Waals surface area contributed by atoms with Gasteiger partial charge in [0.05, 0.1) is 0 Å². The van der Waals surface area contributed by atoms with Crippen molar-refractivity contribution in [3.05, 3.63) is 12.2 Å². The number of allylic oxidation sites excluding steroid dienone is 1. The molecule has 0 nitrogen and oxygen atoms in total. The van der Waals surface area contributed by atoms with Crippen LogP contribution in [0.15, 0.2) is 12.2 Å². The minimum atomic E-state index is -0.00810. The van der Waals surface area contributed by atoms with E-state index in [4.69, 9.17) is 6.42 Å². The molecule has 0 N–H and O–H groups in total.